The molecular formula is C13H18BrF3N2O. The molecule has 0 heterocycles. The van der Waals surface area contributed by atoms with Gasteiger partial charge in [0.15, 0.2) is 0 Å². The molecule has 0 aromatic heterocycles. The molecule has 1 aromatic carbocycles. The first kappa shape index (κ1) is 17.3. The molecule has 7 heteroatoms. The number of nitrogens with one attached hydrogen (secondary N) is 1. The molecule has 0 aliphatic rings. The number of ether oxygens (including phenoxy) is 1. The van der Waals surface area contributed by atoms with E-state index in [4.69, 9.17) is 10.5 Å². The Balaban J connectivity index is 2.87. The van der Waals surface area contributed by atoms with Crippen LogP contribution >= 0.6 is 15.9 Å². The van der Waals surface area contributed by atoms with Gasteiger partial charge in [0.2, 0.25) is 0 Å². The Bertz CT molecular complexity index is 427. The third-order valence-corrected chi connectivity index (χ3v) is 3.47. The summed E-state index contributed by atoms with van der Waals surface area (Å²) in [6, 6.07) is 3.44. The van der Waals surface area contributed by atoms with Gasteiger partial charge in [-0.2, -0.15) is 13.2 Å². The van der Waals surface area contributed by atoms with Crippen molar-refractivity contribution in [1.29, 1.82) is 0 Å². The minimum atomic E-state index is -4.36. The summed E-state index contributed by atoms with van der Waals surface area (Å²) < 4.78 is 43.8. The highest BCUT2D eigenvalue weighted by atomic mass is 79.9. The predicted molar refractivity (Wildman–Crippen MR) is 76.7 cm³/mol. The lowest BCUT2D eigenvalue weighted by molar-refractivity contribution is -0.137. The topological polar surface area (TPSA) is 47.3 Å². The van der Waals surface area contributed by atoms with Crippen LogP contribution in [0.5, 0.6) is 0 Å². The van der Waals surface area contributed by atoms with Gasteiger partial charge in [0.25, 0.3) is 0 Å². The fraction of sp³-hybridized carbons (Fsp3) is 0.538. The van der Waals surface area contributed by atoms with Crippen molar-refractivity contribution >= 4 is 21.6 Å². The lowest BCUT2D eigenvalue weighted by Crippen LogP contribution is -2.26. The van der Waals surface area contributed by atoms with Crippen molar-refractivity contribution < 1.29 is 17.9 Å². The van der Waals surface area contributed by atoms with E-state index in [1.54, 1.807) is 7.11 Å². The lowest BCUT2D eigenvalue weighted by Gasteiger charge is -2.20. The Labute approximate surface area is 124 Å². The van der Waals surface area contributed by atoms with Gasteiger partial charge in [-0.15, -0.1) is 0 Å². The van der Waals surface area contributed by atoms with Crippen LogP contribution in [0.1, 0.15) is 18.4 Å². The Morgan fingerprint density at radius 2 is 2.10 bits per heavy atom. The minimum Gasteiger partial charge on any atom is -0.383 e. The second kappa shape index (κ2) is 7.85. The van der Waals surface area contributed by atoms with E-state index >= 15 is 0 Å². The number of benzene rings is 1. The highest BCUT2D eigenvalue weighted by Crippen LogP contribution is 2.34. The highest BCUT2D eigenvalue weighted by Gasteiger charge is 2.31. The molecule has 3 nitrogen and oxygen atoms in total. The van der Waals surface area contributed by atoms with Crippen molar-refractivity contribution in [3.05, 3.63) is 28.2 Å². The molecule has 1 rings (SSSR count). The lowest BCUT2D eigenvalue weighted by atomic mass is 10.1. The first-order valence-electron chi connectivity index (χ1n) is 6.20. The maximum Gasteiger partial charge on any atom is 0.416 e. The van der Waals surface area contributed by atoms with Gasteiger partial charge in [0.05, 0.1) is 12.2 Å². The van der Waals surface area contributed by atoms with Crippen LogP contribution < -0.4 is 11.1 Å². The molecule has 0 fully saturated rings. The monoisotopic (exact) mass is 354 g/mol. The van der Waals surface area contributed by atoms with Crippen molar-refractivity contribution in [2.45, 2.75) is 25.1 Å². The van der Waals surface area contributed by atoms with Crippen molar-refractivity contribution in [2.24, 2.45) is 5.73 Å². The zero-order chi connectivity index (χ0) is 15.2. The predicted octanol–water partition coefficient (Wildman–Crippen LogP) is 3.63. The quantitative estimate of drug-likeness (QED) is 0.785. The maximum absolute atomic E-state index is 12.7. The second-order valence-corrected chi connectivity index (χ2v) is 5.27. The van der Waals surface area contributed by atoms with Crippen LogP contribution in [0.25, 0.3) is 0 Å². The molecule has 0 aliphatic heterocycles. The van der Waals surface area contributed by atoms with Crippen LogP contribution in [-0.4, -0.2) is 26.3 Å². The molecule has 0 radical (unpaired) electrons. The number of nitrogens with two attached hydrogens (primary N) is 1. The minimum absolute atomic E-state index is 0.0802. The summed E-state index contributed by atoms with van der Waals surface area (Å²) in [6.45, 7) is 0.939. The van der Waals surface area contributed by atoms with E-state index < -0.39 is 11.7 Å². The van der Waals surface area contributed by atoms with Gasteiger partial charge in [0.1, 0.15) is 0 Å². The third kappa shape index (κ3) is 5.30. The summed E-state index contributed by atoms with van der Waals surface area (Å²) in [6.07, 6.45) is -2.85. The molecule has 1 unspecified atom stereocenters. The van der Waals surface area contributed by atoms with Crippen LogP contribution in [0.4, 0.5) is 18.9 Å². The zero-order valence-corrected chi connectivity index (χ0v) is 12.7. The van der Waals surface area contributed by atoms with Gasteiger partial charge in [-0.25, -0.2) is 0 Å². The maximum atomic E-state index is 12.7. The smallest absolute Gasteiger partial charge is 0.383 e. The summed E-state index contributed by atoms with van der Waals surface area (Å²) >= 11 is 3.25. The van der Waals surface area contributed by atoms with Gasteiger partial charge in [0, 0.05) is 23.3 Å². The fourth-order valence-corrected chi connectivity index (χ4v) is 2.16. The van der Waals surface area contributed by atoms with Crippen molar-refractivity contribution in [1.82, 2.24) is 0 Å². The van der Waals surface area contributed by atoms with Crippen LogP contribution in [-0.2, 0) is 10.9 Å². The Hall–Kier alpha value is -0.790. The first-order valence-corrected chi connectivity index (χ1v) is 7.00. The molecule has 0 bridgehead atoms. The Morgan fingerprint density at radius 3 is 2.65 bits per heavy atom. The summed E-state index contributed by atoms with van der Waals surface area (Å²) in [7, 11) is 1.55. The average molecular weight is 355 g/mol. The van der Waals surface area contributed by atoms with E-state index in [9.17, 15) is 13.2 Å². The zero-order valence-electron chi connectivity index (χ0n) is 11.1. The normalized spacial score (nSPS) is 13.3. The van der Waals surface area contributed by atoms with Crippen LogP contribution in [0.3, 0.4) is 0 Å². The van der Waals surface area contributed by atoms with Gasteiger partial charge >= 0.3 is 6.18 Å². The Morgan fingerprint density at radius 1 is 1.40 bits per heavy atom. The van der Waals surface area contributed by atoms with E-state index in [0.29, 0.717) is 23.3 Å². The molecule has 0 saturated heterocycles. The molecule has 20 heavy (non-hydrogen) atoms. The standard InChI is InChI=1S/C13H18BrF3N2O/c1-20-8-10(3-2-6-18)19-12-7-9(13(15,16)17)4-5-11(12)14/h4-5,7,10,19H,2-3,6,8,18H2,1H3. The molecule has 1 aromatic rings. The largest absolute Gasteiger partial charge is 0.416 e. The number of hydrogen-bond acceptors (Lipinski definition) is 3. The van der Waals surface area contributed by atoms with Gasteiger partial charge in [-0.05, 0) is 53.5 Å². The van der Waals surface area contributed by atoms with E-state index in [1.807, 2.05) is 0 Å². The molecule has 0 aliphatic carbocycles. The van der Waals surface area contributed by atoms with E-state index in [-0.39, 0.29) is 6.04 Å². The fourth-order valence-electron chi connectivity index (χ4n) is 1.79. The molecular weight excluding hydrogens is 337 g/mol. The molecule has 1 atom stereocenters. The van der Waals surface area contributed by atoms with Crippen LogP contribution in [0, 0.1) is 0 Å². The molecule has 3 N–H and O–H groups in total. The summed E-state index contributed by atoms with van der Waals surface area (Å²) in [4.78, 5) is 0. The van der Waals surface area contributed by atoms with Crippen molar-refractivity contribution in [3.8, 4) is 0 Å². The number of alkyl halides is 3. The van der Waals surface area contributed by atoms with Crippen molar-refractivity contribution in [3.63, 3.8) is 0 Å². The van der Waals surface area contributed by atoms with Gasteiger partial charge < -0.3 is 15.8 Å². The average Bonchev–Trinajstić information content (AvgIpc) is 2.37. The third-order valence-electron chi connectivity index (χ3n) is 2.78. The second-order valence-electron chi connectivity index (χ2n) is 4.42. The van der Waals surface area contributed by atoms with Crippen LogP contribution in [0.2, 0.25) is 0 Å². The number of anilines is 1. The SMILES string of the molecule is COCC(CCCN)Nc1cc(C(F)(F)F)ccc1Br. The summed E-state index contributed by atoms with van der Waals surface area (Å²) in [5.41, 5.74) is 5.17. The van der Waals surface area contributed by atoms with E-state index in [1.165, 1.54) is 6.07 Å². The van der Waals surface area contributed by atoms with Gasteiger partial charge in [-0.3, -0.25) is 0 Å². The first-order chi connectivity index (χ1) is 9.38. The van der Waals surface area contributed by atoms with Crippen molar-refractivity contribution in [2.75, 3.05) is 25.6 Å². The summed E-state index contributed by atoms with van der Waals surface area (Å²) in [5, 5.41) is 3.07. The number of hydrogen-bond donors (Lipinski definition) is 2. The molecule has 0 spiro atoms. The van der Waals surface area contributed by atoms with E-state index in [2.05, 4.69) is 21.2 Å². The molecule has 0 saturated carbocycles. The number of rotatable bonds is 7. The number of halogens is 4. The highest BCUT2D eigenvalue weighted by molar-refractivity contribution is 9.10. The Kier molecular flexibility index (Phi) is 6.78. The molecule has 114 valence electrons. The van der Waals surface area contributed by atoms with E-state index in [0.717, 1.165) is 25.0 Å². The van der Waals surface area contributed by atoms with Crippen LogP contribution in [0.15, 0.2) is 22.7 Å². The molecule has 0 amide bonds. The number of methoxy groups -OCH3 is 1. The van der Waals surface area contributed by atoms with Gasteiger partial charge in [-0.1, -0.05) is 0 Å². The summed E-state index contributed by atoms with van der Waals surface area (Å²) in [5.74, 6) is 0.